The van der Waals surface area contributed by atoms with Crippen molar-refractivity contribution >= 4 is 40.5 Å². The Hall–Kier alpha value is -5.65. The number of ether oxygens (including phenoxy) is 4. The first-order chi connectivity index (χ1) is 26.0. The molecule has 0 saturated heterocycles. The number of benzene rings is 4. The molecule has 4 N–H and O–H groups in total. The molecule has 292 valence electrons. The molecule has 4 aromatic rings. The largest absolute Gasteiger partial charge is 0.494 e. The number of rotatable bonds is 22. The van der Waals surface area contributed by atoms with Gasteiger partial charge in [0.2, 0.25) is 0 Å². The van der Waals surface area contributed by atoms with Gasteiger partial charge in [0.1, 0.15) is 34.5 Å². The predicted octanol–water partition coefficient (Wildman–Crippen LogP) is 9.51. The molecule has 0 saturated carbocycles. The van der Waals surface area contributed by atoms with Gasteiger partial charge >= 0.3 is 23.9 Å². The third kappa shape index (κ3) is 13.3. The highest BCUT2D eigenvalue weighted by molar-refractivity contribution is 6.84. The van der Waals surface area contributed by atoms with E-state index in [4.69, 9.17) is 23.1 Å². The van der Waals surface area contributed by atoms with Gasteiger partial charge in [-0.2, -0.15) is 0 Å². The summed E-state index contributed by atoms with van der Waals surface area (Å²) < 4.78 is 30.2. The zero-order chi connectivity index (χ0) is 40.2. The molecule has 0 amide bonds. The maximum Gasteiger partial charge on any atom is 0.336 e. The molecule has 13 nitrogen and oxygen atoms in total. The summed E-state index contributed by atoms with van der Waals surface area (Å²) in [6.07, 6.45) is 3.67. The minimum atomic E-state index is -2.00. The fourth-order valence-electron chi connectivity index (χ4n) is 5.93. The number of carbonyl (C=O) groups is 4. The third-order valence-electron chi connectivity index (χ3n) is 8.31. The van der Waals surface area contributed by atoms with Gasteiger partial charge in [0.15, 0.2) is 16.6 Å². The van der Waals surface area contributed by atoms with Crippen LogP contribution in [0.15, 0.2) is 84.9 Å². The molecule has 0 atom stereocenters. The summed E-state index contributed by atoms with van der Waals surface area (Å²) >= 11 is 0. The first-order valence-electron chi connectivity index (χ1n) is 17.7. The normalized spacial score (nSPS) is 11.4. The zero-order valence-corrected chi connectivity index (χ0v) is 33.2. The van der Waals surface area contributed by atoms with Gasteiger partial charge in [0.25, 0.3) is 0 Å². The number of hydrogen-bond donors (Lipinski definition) is 4. The van der Waals surface area contributed by atoms with Gasteiger partial charge in [0, 0.05) is 0 Å². The van der Waals surface area contributed by atoms with E-state index in [1.54, 1.807) is 48.5 Å². The molecule has 4 aromatic carbocycles. The van der Waals surface area contributed by atoms with Gasteiger partial charge in [-0.1, -0.05) is 12.8 Å². The fraction of sp³-hybridized carbons (Fsp3) is 0.300. The Kier molecular flexibility index (Phi) is 14.6. The van der Waals surface area contributed by atoms with Crippen LogP contribution in [0.3, 0.4) is 0 Å². The number of carboxylic acids is 4. The fourth-order valence-corrected chi connectivity index (χ4v) is 14.9. The lowest BCUT2D eigenvalue weighted by Gasteiger charge is -2.35. The van der Waals surface area contributed by atoms with Crippen LogP contribution in [0, 0.1) is 0 Å². The van der Waals surface area contributed by atoms with Gasteiger partial charge in [-0.3, -0.25) is 0 Å². The Balaban J connectivity index is 1.18. The Morgan fingerprint density at radius 2 is 0.782 bits per heavy atom. The summed E-state index contributed by atoms with van der Waals surface area (Å²) in [5.41, 5.74) is -1.34. The van der Waals surface area contributed by atoms with Crippen molar-refractivity contribution in [2.24, 2.45) is 0 Å². The van der Waals surface area contributed by atoms with E-state index in [1.807, 2.05) is 0 Å². The molecule has 4 rings (SSSR count). The molecular weight excluding hydrogens is 745 g/mol. The van der Waals surface area contributed by atoms with E-state index in [0.717, 1.165) is 37.8 Å². The molecule has 0 aliphatic rings. The first-order valence-corrected chi connectivity index (χ1v) is 24.0. The molecule has 0 aliphatic heterocycles. The Morgan fingerprint density at radius 3 is 1.11 bits per heavy atom. The van der Waals surface area contributed by atoms with E-state index in [1.165, 1.54) is 36.4 Å². The second-order valence-electron chi connectivity index (χ2n) is 14.1. The van der Waals surface area contributed by atoms with Crippen molar-refractivity contribution in [2.45, 2.75) is 64.0 Å². The van der Waals surface area contributed by atoms with Crippen LogP contribution in [-0.2, 0) is 4.12 Å². The molecule has 0 aromatic heterocycles. The van der Waals surface area contributed by atoms with E-state index in [0.29, 0.717) is 36.2 Å². The molecule has 0 radical (unpaired) electrons. The number of aromatic carboxylic acids is 4. The van der Waals surface area contributed by atoms with E-state index >= 15 is 0 Å². The van der Waals surface area contributed by atoms with E-state index < -0.39 is 40.5 Å². The van der Waals surface area contributed by atoms with E-state index in [9.17, 15) is 39.6 Å². The van der Waals surface area contributed by atoms with Crippen LogP contribution in [0.1, 0.15) is 67.1 Å². The molecule has 15 heteroatoms. The van der Waals surface area contributed by atoms with Crippen LogP contribution < -0.4 is 18.9 Å². The number of unbranched alkanes of at least 4 members (excludes halogenated alkanes) is 2. The summed E-state index contributed by atoms with van der Waals surface area (Å²) in [6, 6.07) is 23.5. The van der Waals surface area contributed by atoms with Crippen molar-refractivity contribution < 1.29 is 62.7 Å². The van der Waals surface area contributed by atoms with Crippen LogP contribution in [-0.4, -0.2) is 74.2 Å². The van der Waals surface area contributed by atoms with Crippen LogP contribution >= 0.6 is 0 Å². The van der Waals surface area contributed by atoms with Crippen molar-refractivity contribution in [3.8, 4) is 34.5 Å². The molecule has 0 bridgehead atoms. The monoisotopic (exact) mass is 790 g/mol. The van der Waals surface area contributed by atoms with Crippen LogP contribution in [0.4, 0.5) is 0 Å². The van der Waals surface area contributed by atoms with Crippen molar-refractivity contribution in [3.05, 3.63) is 107 Å². The minimum absolute atomic E-state index is 0.208. The lowest BCUT2D eigenvalue weighted by molar-refractivity contribution is 0.0651. The lowest BCUT2D eigenvalue weighted by Crippen LogP contribution is -2.44. The van der Waals surface area contributed by atoms with Gasteiger partial charge in [0.05, 0.1) is 35.5 Å². The Morgan fingerprint density at radius 1 is 0.455 bits per heavy atom. The quantitative estimate of drug-likeness (QED) is 0.0434. The average Bonchev–Trinajstić information content (AvgIpc) is 3.11. The third-order valence-corrected chi connectivity index (χ3v) is 15.6. The Bertz CT molecular complexity index is 1820. The highest BCUT2D eigenvalue weighted by Crippen LogP contribution is 2.30. The summed E-state index contributed by atoms with van der Waals surface area (Å²) in [4.78, 5) is 45.5. The van der Waals surface area contributed by atoms with Crippen molar-refractivity contribution in [1.82, 2.24) is 0 Å². The van der Waals surface area contributed by atoms with Crippen LogP contribution in [0.25, 0.3) is 0 Å². The maximum absolute atomic E-state index is 11.5. The smallest absolute Gasteiger partial charge is 0.336 e. The lowest BCUT2D eigenvalue weighted by atomic mass is 10.1. The topological polar surface area (TPSA) is 195 Å². The van der Waals surface area contributed by atoms with Gasteiger partial charge in [-0.25, -0.2) is 19.2 Å². The summed E-state index contributed by atoms with van der Waals surface area (Å²) in [5, 5.41) is 37.1. The standard InChI is InChI=1S/C40H46O13Si2/c1-54(2,3)53-55(4,23-7-5-21-49-27-9-13-29(14-10-27)51-31-17-19-33(37(41)42)35(25-31)39(45)46)24-8-6-22-50-28-11-15-30(16-12-28)52-32-18-20-34(38(43)44)36(26-32)40(47)48/h9-20,25-26H,5-8,21-24H2,1-4H3,(H,41,42)(H,43,44)(H,45,46)(H,47,48). The highest BCUT2D eigenvalue weighted by atomic mass is 28.4. The first kappa shape index (κ1) is 42.1. The van der Waals surface area contributed by atoms with Gasteiger partial charge in [-0.05, 0) is 136 Å². The predicted molar refractivity (Wildman–Crippen MR) is 209 cm³/mol. The zero-order valence-electron chi connectivity index (χ0n) is 31.2. The molecule has 55 heavy (non-hydrogen) atoms. The summed E-state index contributed by atoms with van der Waals surface area (Å²) in [6.45, 7) is 10.0. The second-order valence-corrected chi connectivity index (χ2v) is 23.0. The average molecular weight is 791 g/mol. The summed E-state index contributed by atoms with van der Waals surface area (Å²) in [5.74, 6) is -2.71. The summed E-state index contributed by atoms with van der Waals surface area (Å²) in [7, 11) is -3.77. The molecule has 0 aliphatic carbocycles. The SMILES string of the molecule is C[Si](C)(C)O[Si](C)(CCCCOc1ccc(Oc2ccc(C(=O)O)c(C(=O)O)c2)cc1)CCCCOc1ccc(Oc2ccc(C(=O)O)c(C(=O)O)c2)cc1. The van der Waals surface area contributed by atoms with E-state index in [2.05, 4.69) is 26.2 Å². The highest BCUT2D eigenvalue weighted by Gasteiger charge is 2.33. The number of carboxylic acid groups (broad SMARTS) is 4. The van der Waals surface area contributed by atoms with E-state index in [-0.39, 0.29) is 33.8 Å². The Labute approximate surface area is 321 Å². The van der Waals surface area contributed by atoms with Gasteiger partial charge in [-0.15, -0.1) is 0 Å². The van der Waals surface area contributed by atoms with Gasteiger partial charge < -0.3 is 43.5 Å². The van der Waals surface area contributed by atoms with Crippen molar-refractivity contribution in [1.29, 1.82) is 0 Å². The molecule has 0 spiro atoms. The molecule has 0 heterocycles. The molecular formula is C40H46O13Si2. The number of hydrogen-bond acceptors (Lipinski definition) is 9. The molecule has 0 unspecified atom stereocenters. The van der Waals surface area contributed by atoms with Crippen molar-refractivity contribution in [3.63, 3.8) is 0 Å². The molecule has 0 fully saturated rings. The minimum Gasteiger partial charge on any atom is -0.494 e. The second kappa shape index (κ2) is 19.1. The maximum atomic E-state index is 11.5. The van der Waals surface area contributed by atoms with Crippen LogP contribution in [0.5, 0.6) is 34.5 Å². The van der Waals surface area contributed by atoms with Crippen molar-refractivity contribution in [2.75, 3.05) is 13.2 Å². The van der Waals surface area contributed by atoms with Crippen LogP contribution in [0.2, 0.25) is 38.3 Å².